The molecular weight excluding hydrogens is 338 g/mol. The maximum absolute atomic E-state index is 12.8. The van der Waals surface area contributed by atoms with Gasteiger partial charge in [0.05, 0.1) is 4.90 Å². The predicted molar refractivity (Wildman–Crippen MR) is 83.2 cm³/mol. The maximum Gasteiger partial charge on any atom is 0.339 e. The predicted octanol–water partition coefficient (Wildman–Crippen LogP) is 0.715. The second-order valence-electron chi connectivity index (χ2n) is 5.12. The van der Waals surface area contributed by atoms with Crippen molar-refractivity contribution in [1.29, 1.82) is 0 Å². The van der Waals surface area contributed by atoms with Gasteiger partial charge in [0.25, 0.3) is 10.0 Å². The van der Waals surface area contributed by atoms with Gasteiger partial charge >= 0.3 is 5.97 Å². The molecule has 9 nitrogen and oxygen atoms in total. The Morgan fingerprint density at radius 3 is 2.67 bits per heavy atom. The Balaban J connectivity index is 2.11. The molecule has 128 valence electrons. The van der Waals surface area contributed by atoms with Crippen LogP contribution in [-0.4, -0.2) is 49.5 Å². The summed E-state index contributed by atoms with van der Waals surface area (Å²) in [6, 6.07) is 3.86. The number of nitrogens with zero attached hydrogens (tertiary/aromatic N) is 3. The minimum atomic E-state index is -4.01. The van der Waals surface area contributed by atoms with Crippen molar-refractivity contribution < 1.29 is 27.8 Å². The number of ether oxygens (including phenoxy) is 2. The summed E-state index contributed by atoms with van der Waals surface area (Å²) in [7, 11) is -1.00. The molecule has 0 saturated heterocycles. The number of rotatable bonds is 4. The van der Waals surface area contributed by atoms with E-state index in [9.17, 15) is 18.3 Å². The van der Waals surface area contributed by atoms with E-state index in [0.717, 1.165) is 10.4 Å². The molecule has 0 bridgehead atoms. The number of aryl methyl sites for hydroxylation is 1. The Morgan fingerprint density at radius 1 is 1.33 bits per heavy atom. The number of hydrogen-bond acceptors (Lipinski definition) is 6. The quantitative estimate of drug-likeness (QED) is 0.862. The fourth-order valence-corrected chi connectivity index (χ4v) is 3.47. The molecule has 1 N–H and O–H groups in total. The minimum absolute atomic E-state index is 0.0354. The highest BCUT2D eigenvalue weighted by Crippen LogP contribution is 2.37. The molecular formula is C14H15N3O6S. The zero-order chi connectivity index (χ0) is 17.5. The van der Waals surface area contributed by atoms with Crippen molar-refractivity contribution in [2.24, 2.45) is 7.05 Å². The zero-order valence-electron chi connectivity index (χ0n) is 13.0. The van der Waals surface area contributed by atoms with E-state index >= 15 is 0 Å². The van der Waals surface area contributed by atoms with Gasteiger partial charge in [-0.1, -0.05) is 0 Å². The molecule has 24 heavy (non-hydrogen) atoms. The van der Waals surface area contributed by atoms with Gasteiger partial charge in [-0.15, -0.1) is 0 Å². The van der Waals surface area contributed by atoms with Gasteiger partial charge in [0, 0.05) is 32.4 Å². The first-order valence-electron chi connectivity index (χ1n) is 6.96. The van der Waals surface area contributed by atoms with Crippen molar-refractivity contribution in [3.63, 3.8) is 0 Å². The number of carboxylic acids is 1. The number of benzene rings is 1. The molecule has 1 aromatic heterocycles. The van der Waals surface area contributed by atoms with E-state index in [1.165, 1.54) is 23.9 Å². The van der Waals surface area contributed by atoms with E-state index in [1.807, 2.05) is 0 Å². The van der Waals surface area contributed by atoms with Crippen molar-refractivity contribution in [2.75, 3.05) is 24.6 Å². The third-order valence-electron chi connectivity index (χ3n) is 3.53. The van der Waals surface area contributed by atoms with Gasteiger partial charge in [0.15, 0.2) is 17.3 Å². The van der Waals surface area contributed by atoms with Gasteiger partial charge in [-0.3, -0.25) is 8.99 Å². The SMILES string of the molecule is CN(c1ccn(C)n1)S(=O)(=O)c1cc2c(c(C(=O)O)c1)OCCO2. The van der Waals surface area contributed by atoms with Crippen LogP contribution in [0.5, 0.6) is 11.5 Å². The molecule has 0 fully saturated rings. The first-order chi connectivity index (χ1) is 11.3. The van der Waals surface area contributed by atoms with Gasteiger partial charge in [-0.25, -0.2) is 13.2 Å². The Bertz CT molecular complexity index is 905. The average molecular weight is 353 g/mol. The van der Waals surface area contributed by atoms with Gasteiger partial charge < -0.3 is 14.6 Å². The van der Waals surface area contributed by atoms with E-state index in [0.29, 0.717) is 0 Å². The van der Waals surface area contributed by atoms with Crippen molar-refractivity contribution in [3.8, 4) is 11.5 Å². The topological polar surface area (TPSA) is 111 Å². The number of carbonyl (C=O) groups is 1. The van der Waals surface area contributed by atoms with Crippen LogP contribution >= 0.6 is 0 Å². The summed E-state index contributed by atoms with van der Waals surface area (Å²) in [6.45, 7) is 0.416. The summed E-state index contributed by atoms with van der Waals surface area (Å²) in [5, 5.41) is 13.4. The summed E-state index contributed by atoms with van der Waals surface area (Å²) in [4.78, 5) is 11.2. The standard InChI is InChI=1S/C14H15N3O6S/c1-16-4-3-12(15-16)17(2)24(20,21)9-7-10(14(18)19)13-11(8-9)22-5-6-23-13/h3-4,7-8H,5-6H2,1-2H3,(H,18,19). The molecule has 10 heteroatoms. The summed E-state index contributed by atoms with van der Waals surface area (Å²) in [5.41, 5.74) is -0.264. The molecule has 2 heterocycles. The van der Waals surface area contributed by atoms with Crippen LogP contribution in [0.2, 0.25) is 0 Å². The molecule has 0 radical (unpaired) electrons. The van der Waals surface area contributed by atoms with Crippen LogP contribution in [0.15, 0.2) is 29.3 Å². The lowest BCUT2D eigenvalue weighted by Gasteiger charge is -2.22. The third-order valence-corrected chi connectivity index (χ3v) is 5.27. The van der Waals surface area contributed by atoms with Crippen LogP contribution in [0.1, 0.15) is 10.4 Å². The van der Waals surface area contributed by atoms with Gasteiger partial charge in [-0.2, -0.15) is 5.10 Å². The van der Waals surface area contributed by atoms with Crippen molar-refractivity contribution in [3.05, 3.63) is 30.0 Å². The normalized spacial score (nSPS) is 13.6. The molecule has 2 aromatic rings. The van der Waals surface area contributed by atoms with Crippen molar-refractivity contribution in [1.82, 2.24) is 9.78 Å². The highest BCUT2D eigenvalue weighted by atomic mass is 32.2. The first kappa shape index (κ1) is 16.1. The monoisotopic (exact) mass is 353 g/mol. The van der Waals surface area contributed by atoms with Crippen molar-refractivity contribution >= 4 is 21.8 Å². The number of aromatic carboxylic acids is 1. The molecule has 0 atom stereocenters. The van der Waals surface area contributed by atoms with Crippen LogP contribution < -0.4 is 13.8 Å². The van der Waals surface area contributed by atoms with E-state index < -0.39 is 16.0 Å². The molecule has 1 aliphatic rings. The molecule has 0 aliphatic carbocycles. The van der Waals surface area contributed by atoms with E-state index in [-0.39, 0.29) is 41.0 Å². The highest BCUT2D eigenvalue weighted by molar-refractivity contribution is 7.92. The number of sulfonamides is 1. The number of fused-ring (bicyclic) bond motifs is 1. The Hall–Kier alpha value is -2.75. The summed E-state index contributed by atoms with van der Waals surface area (Å²) in [5.74, 6) is -0.958. The largest absolute Gasteiger partial charge is 0.486 e. The van der Waals surface area contributed by atoms with Gasteiger partial charge in [-0.05, 0) is 6.07 Å². The zero-order valence-corrected chi connectivity index (χ0v) is 13.8. The number of carboxylic acid groups (broad SMARTS) is 1. The second kappa shape index (κ2) is 5.71. The second-order valence-corrected chi connectivity index (χ2v) is 7.09. The molecule has 0 saturated carbocycles. The van der Waals surface area contributed by atoms with Gasteiger partial charge in [0.2, 0.25) is 0 Å². The molecule has 1 aromatic carbocycles. The average Bonchev–Trinajstić information content (AvgIpc) is 2.99. The Kier molecular flexibility index (Phi) is 3.84. The Labute approximate surface area is 138 Å². The molecule has 1 aliphatic heterocycles. The van der Waals surface area contributed by atoms with Crippen LogP contribution in [0.4, 0.5) is 5.82 Å². The fraction of sp³-hybridized carbons (Fsp3) is 0.286. The van der Waals surface area contributed by atoms with Crippen molar-refractivity contribution in [2.45, 2.75) is 4.90 Å². The maximum atomic E-state index is 12.8. The smallest absolute Gasteiger partial charge is 0.339 e. The first-order valence-corrected chi connectivity index (χ1v) is 8.40. The van der Waals surface area contributed by atoms with E-state index in [2.05, 4.69) is 5.10 Å². The lowest BCUT2D eigenvalue weighted by Crippen LogP contribution is -2.28. The minimum Gasteiger partial charge on any atom is -0.486 e. The van der Waals surface area contributed by atoms with E-state index in [4.69, 9.17) is 9.47 Å². The lowest BCUT2D eigenvalue weighted by molar-refractivity contribution is 0.0685. The summed E-state index contributed by atoms with van der Waals surface area (Å²) in [6.07, 6.45) is 1.61. The molecule has 0 amide bonds. The van der Waals surface area contributed by atoms with Crippen LogP contribution in [0, 0.1) is 0 Å². The lowest BCUT2D eigenvalue weighted by atomic mass is 10.2. The number of anilines is 1. The highest BCUT2D eigenvalue weighted by Gasteiger charge is 2.29. The van der Waals surface area contributed by atoms with Crippen LogP contribution in [-0.2, 0) is 17.1 Å². The number of aromatic nitrogens is 2. The third kappa shape index (κ3) is 2.64. The summed E-state index contributed by atoms with van der Waals surface area (Å²) >= 11 is 0. The number of hydrogen-bond donors (Lipinski definition) is 1. The van der Waals surface area contributed by atoms with E-state index in [1.54, 1.807) is 13.2 Å². The summed E-state index contributed by atoms with van der Waals surface area (Å²) < 4.78 is 38.7. The fourth-order valence-electron chi connectivity index (χ4n) is 2.29. The molecule has 0 unspecified atom stereocenters. The molecule has 0 spiro atoms. The Morgan fingerprint density at radius 2 is 2.04 bits per heavy atom. The van der Waals surface area contributed by atoms with Crippen LogP contribution in [0.25, 0.3) is 0 Å². The van der Waals surface area contributed by atoms with Crippen LogP contribution in [0.3, 0.4) is 0 Å². The molecule has 3 rings (SSSR count). The van der Waals surface area contributed by atoms with Gasteiger partial charge in [0.1, 0.15) is 18.8 Å².